The predicted octanol–water partition coefficient (Wildman–Crippen LogP) is 0.848. The lowest BCUT2D eigenvalue weighted by molar-refractivity contribution is 0.0412. The Kier molecular flexibility index (Phi) is 7.77. The average molecular weight is 244 g/mol. The van der Waals surface area contributed by atoms with Crippen LogP contribution in [0.2, 0.25) is 0 Å². The van der Waals surface area contributed by atoms with Gasteiger partial charge < -0.3 is 20.1 Å². The lowest BCUT2D eigenvalue weighted by atomic mass is 10.1. The molecule has 1 saturated heterocycles. The van der Waals surface area contributed by atoms with Crippen molar-refractivity contribution in [2.24, 2.45) is 0 Å². The Labute approximate surface area is 105 Å². The number of aliphatic hydroxyl groups is 1. The third-order valence-electron chi connectivity index (χ3n) is 3.55. The lowest BCUT2D eigenvalue weighted by Crippen LogP contribution is -2.41. The summed E-state index contributed by atoms with van der Waals surface area (Å²) in [6.07, 6.45) is 4.42. The van der Waals surface area contributed by atoms with Gasteiger partial charge in [0.05, 0.1) is 6.61 Å². The normalized spacial score (nSPS) is 19.8. The zero-order chi connectivity index (χ0) is 12.5. The van der Waals surface area contributed by atoms with E-state index in [9.17, 15) is 5.11 Å². The highest BCUT2D eigenvalue weighted by atomic mass is 16.5. The second kappa shape index (κ2) is 8.86. The predicted molar refractivity (Wildman–Crippen MR) is 70.3 cm³/mol. The molecule has 1 heterocycles. The third kappa shape index (κ3) is 5.82. The van der Waals surface area contributed by atoms with Gasteiger partial charge in [-0.1, -0.05) is 6.92 Å². The molecule has 1 aliphatic rings. The van der Waals surface area contributed by atoms with Crippen LogP contribution in [-0.2, 0) is 4.74 Å². The van der Waals surface area contributed by atoms with Crippen LogP contribution in [0.4, 0.5) is 0 Å². The third-order valence-corrected chi connectivity index (χ3v) is 3.55. The highest BCUT2D eigenvalue weighted by Crippen LogP contribution is 2.13. The Bertz CT molecular complexity index is 184. The summed E-state index contributed by atoms with van der Waals surface area (Å²) >= 11 is 0. The van der Waals surface area contributed by atoms with Crippen LogP contribution in [0.15, 0.2) is 0 Å². The van der Waals surface area contributed by atoms with Gasteiger partial charge in [-0.05, 0) is 45.8 Å². The first-order valence-corrected chi connectivity index (χ1v) is 6.90. The van der Waals surface area contributed by atoms with Crippen LogP contribution in [0.1, 0.15) is 32.6 Å². The largest absolute Gasteiger partial charge is 0.395 e. The van der Waals surface area contributed by atoms with Gasteiger partial charge in [-0.3, -0.25) is 0 Å². The second-order valence-corrected chi connectivity index (χ2v) is 4.95. The number of aliphatic hydroxyl groups excluding tert-OH is 1. The van der Waals surface area contributed by atoms with Crippen LogP contribution < -0.4 is 5.32 Å². The Morgan fingerprint density at radius 3 is 2.71 bits per heavy atom. The van der Waals surface area contributed by atoms with Gasteiger partial charge in [0.1, 0.15) is 0 Å². The molecule has 0 saturated carbocycles. The summed E-state index contributed by atoms with van der Waals surface area (Å²) in [6, 6.07) is 0.909. The maximum Gasteiger partial charge on any atom is 0.0585 e. The molecule has 0 aromatic rings. The van der Waals surface area contributed by atoms with E-state index in [0.29, 0.717) is 6.04 Å². The number of rotatable bonds is 8. The molecule has 1 aliphatic heterocycles. The molecule has 0 spiro atoms. The fraction of sp³-hybridized carbons (Fsp3) is 1.00. The summed E-state index contributed by atoms with van der Waals surface area (Å²) in [7, 11) is 2.18. The van der Waals surface area contributed by atoms with Crippen LogP contribution >= 0.6 is 0 Å². The van der Waals surface area contributed by atoms with Crippen molar-refractivity contribution in [3.63, 3.8) is 0 Å². The summed E-state index contributed by atoms with van der Waals surface area (Å²) in [6.45, 7) is 6.22. The Hall–Kier alpha value is -0.160. The average Bonchev–Trinajstić information content (AvgIpc) is 2.39. The van der Waals surface area contributed by atoms with Crippen molar-refractivity contribution in [1.29, 1.82) is 0 Å². The summed E-state index contributed by atoms with van der Waals surface area (Å²) in [5.41, 5.74) is 0. The van der Waals surface area contributed by atoms with E-state index in [0.717, 1.165) is 52.0 Å². The molecule has 0 aliphatic carbocycles. The van der Waals surface area contributed by atoms with E-state index in [-0.39, 0.29) is 12.6 Å². The van der Waals surface area contributed by atoms with Crippen LogP contribution in [0.25, 0.3) is 0 Å². The van der Waals surface area contributed by atoms with Gasteiger partial charge in [0.15, 0.2) is 0 Å². The zero-order valence-electron chi connectivity index (χ0n) is 11.3. The molecule has 0 aromatic carbocycles. The van der Waals surface area contributed by atoms with E-state index in [1.54, 1.807) is 0 Å². The van der Waals surface area contributed by atoms with Crippen LogP contribution in [0, 0.1) is 0 Å². The molecule has 0 aromatic heterocycles. The number of hydrogen-bond acceptors (Lipinski definition) is 4. The van der Waals surface area contributed by atoms with E-state index < -0.39 is 0 Å². The first kappa shape index (κ1) is 14.9. The van der Waals surface area contributed by atoms with Crippen molar-refractivity contribution in [1.82, 2.24) is 10.2 Å². The Balaban J connectivity index is 2.17. The molecule has 17 heavy (non-hydrogen) atoms. The zero-order valence-corrected chi connectivity index (χ0v) is 11.3. The van der Waals surface area contributed by atoms with Gasteiger partial charge in [-0.15, -0.1) is 0 Å². The van der Waals surface area contributed by atoms with Gasteiger partial charge in [-0.2, -0.15) is 0 Å². The van der Waals surface area contributed by atoms with Gasteiger partial charge in [0.2, 0.25) is 0 Å². The maximum atomic E-state index is 9.27. The van der Waals surface area contributed by atoms with Crippen molar-refractivity contribution >= 4 is 0 Å². The van der Waals surface area contributed by atoms with Gasteiger partial charge in [0.25, 0.3) is 0 Å². The van der Waals surface area contributed by atoms with Gasteiger partial charge in [0, 0.05) is 25.3 Å². The van der Waals surface area contributed by atoms with Crippen molar-refractivity contribution < 1.29 is 9.84 Å². The molecule has 1 unspecified atom stereocenters. The molecule has 102 valence electrons. The van der Waals surface area contributed by atoms with E-state index in [1.807, 2.05) is 0 Å². The first-order chi connectivity index (χ1) is 8.27. The standard InChI is InChI=1S/C13H28N2O2/c1-3-7-14-12(11-16)4-8-15(2)13-5-9-17-10-6-13/h12-14,16H,3-11H2,1-2H3. The number of nitrogens with zero attached hydrogens (tertiary/aromatic N) is 1. The number of nitrogens with one attached hydrogen (secondary N) is 1. The monoisotopic (exact) mass is 244 g/mol. The van der Waals surface area contributed by atoms with Crippen LogP contribution in [0.5, 0.6) is 0 Å². The minimum Gasteiger partial charge on any atom is -0.395 e. The molecule has 4 nitrogen and oxygen atoms in total. The van der Waals surface area contributed by atoms with Crippen molar-refractivity contribution in [2.45, 2.75) is 44.7 Å². The molecular formula is C13H28N2O2. The quantitative estimate of drug-likeness (QED) is 0.664. The van der Waals surface area contributed by atoms with E-state index in [1.165, 1.54) is 0 Å². The number of ether oxygens (including phenoxy) is 1. The minimum absolute atomic E-state index is 0.238. The van der Waals surface area contributed by atoms with Gasteiger partial charge in [-0.25, -0.2) is 0 Å². The molecular weight excluding hydrogens is 216 g/mol. The minimum atomic E-state index is 0.238. The SMILES string of the molecule is CCCNC(CO)CCN(C)C1CCOCC1. The molecule has 4 heteroatoms. The van der Waals surface area contributed by atoms with E-state index >= 15 is 0 Å². The lowest BCUT2D eigenvalue weighted by Gasteiger charge is -2.32. The topological polar surface area (TPSA) is 44.7 Å². The van der Waals surface area contributed by atoms with E-state index in [4.69, 9.17) is 4.74 Å². The molecule has 0 amide bonds. The van der Waals surface area contributed by atoms with Gasteiger partial charge >= 0.3 is 0 Å². The highest BCUT2D eigenvalue weighted by Gasteiger charge is 2.18. The molecule has 1 rings (SSSR count). The first-order valence-electron chi connectivity index (χ1n) is 6.90. The Morgan fingerprint density at radius 1 is 1.41 bits per heavy atom. The van der Waals surface area contributed by atoms with Crippen molar-refractivity contribution in [2.75, 3.05) is 40.0 Å². The maximum absolute atomic E-state index is 9.27. The Morgan fingerprint density at radius 2 is 2.12 bits per heavy atom. The van der Waals surface area contributed by atoms with Crippen molar-refractivity contribution in [3.05, 3.63) is 0 Å². The molecule has 0 radical (unpaired) electrons. The summed E-state index contributed by atoms with van der Waals surface area (Å²) < 4.78 is 5.37. The van der Waals surface area contributed by atoms with E-state index in [2.05, 4.69) is 24.2 Å². The fourth-order valence-electron chi connectivity index (χ4n) is 2.27. The molecule has 1 fully saturated rings. The highest BCUT2D eigenvalue weighted by molar-refractivity contribution is 4.74. The van der Waals surface area contributed by atoms with Crippen LogP contribution in [0.3, 0.4) is 0 Å². The second-order valence-electron chi connectivity index (χ2n) is 4.95. The summed E-state index contributed by atoms with van der Waals surface area (Å²) in [5, 5.41) is 12.7. The number of hydrogen-bond donors (Lipinski definition) is 2. The smallest absolute Gasteiger partial charge is 0.0585 e. The summed E-state index contributed by atoms with van der Waals surface area (Å²) in [5.74, 6) is 0. The molecule has 1 atom stereocenters. The molecule has 2 N–H and O–H groups in total. The summed E-state index contributed by atoms with van der Waals surface area (Å²) in [4.78, 5) is 2.42. The van der Waals surface area contributed by atoms with Crippen molar-refractivity contribution in [3.8, 4) is 0 Å². The fourth-order valence-corrected chi connectivity index (χ4v) is 2.27. The molecule has 0 bridgehead atoms. The van der Waals surface area contributed by atoms with Crippen LogP contribution in [-0.4, -0.2) is 62.0 Å².